The maximum Gasteiger partial charge on any atom is 0.0897 e. The molecule has 0 aliphatic carbocycles. The van der Waals surface area contributed by atoms with Gasteiger partial charge in [0.05, 0.1) is 18.8 Å². The van der Waals surface area contributed by atoms with Gasteiger partial charge in [0.25, 0.3) is 0 Å². The van der Waals surface area contributed by atoms with E-state index < -0.39 is 6.10 Å². The maximum atomic E-state index is 9.41. The number of ether oxygens (including phenoxy) is 1. The molecule has 14 heavy (non-hydrogen) atoms. The van der Waals surface area contributed by atoms with Crippen LogP contribution in [0.5, 0.6) is 0 Å². The highest BCUT2D eigenvalue weighted by atomic mass is 16.5. The largest absolute Gasteiger partial charge is 0.393 e. The van der Waals surface area contributed by atoms with E-state index in [0.717, 1.165) is 0 Å². The normalized spacial score (nSPS) is 17.8. The SMILES string of the molecule is CCOCC(O)CNC(C)CC(C)O. The van der Waals surface area contributed by atoms with Gasteiger partial charge in [0.2, 0.25) is 0 Å². The molecule has 0 amide bonds. The predicted molar refractivity (Wildman–Crippen MR) is 56.3 cm³/mol. The summed E-state index contributed by atoms with van der Waals surface area (Å²) >= 11 is 0. The van der Waals surface area contributed by atoms with Crippen molar-refractivity contribution in [3.05, 3.63) is 0 Å². The Morgan fingerprint density at radius 1 is 1.29 bits per heavy atom. The van der Waals surface area contributed by atoms with Crippen LogP contribution in [0.1, 0.15) is 27.2 Å². The number of rotatable bonds is 8. The minimum absolute atomic E-state index is 0.214. The quantitative estimate of drug-likeness (QED) is 0.527. The van der Waals surface area contributed by atoms with Crippen LogP contribution in [0.15, 0.2) is 0 Å². The van der Waals surface area contributed by atoms with Crippen molar-refractivity contribution < 1.29 is 14.9 Å². The highest BCUT2D eigenvalue weighted by Crippen LogP contribution is 1.96. The Morgan fingerprint density at radius 2 is 1.93 bits per heavy atom. The van der Waals surface area contributed by atoms with Gasteiger partial charge in [-0.15, -0.1) is 0 Å². The lowest BCUT2D eigenvalue weighted by molar-refractivity contribution is 0.0406. The first kappa shape index (κ1) is 13.8. The summed E-state index contributed by atoms with van der Waals surface area (Å²) in [7, 11) is 0. The molecular weight excluding hydrogens is 182 g/mol. The molecule has 0 aliphatic heterocycles. The average Bonchev–Trinajstić information content (AvgIpc) is 2.10. The lowest BCUT2D eigenvalue weighted by atomic mass is 10.1. The van der Waals surface area contributed by atoms with Gasteiger partial charge in [-0.1, -0.05) is 0 Å². The average molecular weight is 205 g/mol. The standard InChI is InChI=1S/C10H23NO3/c1-4-14-7-10(13)6-11-8(2)5-9(3)12/h8-13H,4-7H2,1-3H3. The molecule has 0 saturated carbocycles. The monoisotopic (exact) mass is 205 g/mol. The van der Waals surface area contributed by atoms with E-state index in [1.165, 1.54) is 0 Å². The molecule has 0 aliphatic rings. The first-order chi connectivity index (χ1) is 6.56. The van der Waals surface area contributed by atoms with E-state index >= 15 is 0 Å². The molecule has 4 heteroatoms. The second-order valence-corrected chi connectivity index (χ2v) is 3.71. The van der Waals surface area contributed by atoms with Gasteiger partial charge in [-0.25, -0.2) is 0 Å². The molecule has 3 atom stereocenters. The van der Waals surface area contributed by atoms with Crippen molar-refractivity contribution in [2.24, 2.45) is 0 Å². The van der Waals surface area contributed by atoms with Gasteiger partial charge in [0, 0.05) is 19.2 Å². The Hall–Kier alpha value is -0.160. The summed E-state index contributed by atoms with van der Waals surface area (Å²) in [5, 5.41) is 21.6. The molecule has 0 aromatic heterocycles. The highest BCUT2D eigenvalue weighted by molar-refractivity contribution is 4.67. The predicted octanol–water partition coefficient (Wildman–Crippen LogP) is 0.133. The zero-order valence-corrected chi connectivity index (χ0v) is 9.36. The van der Waals surface area contributed by atoms with E-state index in [1.807, 2.05) is 13.8 Å². The number of aliphatic hydroxyl groups is 2. The third kappa shape index (κ3) is 8.44. The fourth-order valence-corrected chi connectivity index (χ4v) is 1.25. The van der Waals surface area contributed by atoms with Crippen molar-refractivity contribution in [1.82, 2.24) is 5.32 Å². The lowest BCUT2D eigenvalue weighted by Gasteiger charge is -2.18. The van der Waals surface area contributed by atoms with Crippen molar-refractivity contribution in [3.8, 4) is 0 Å². The summed E-state index contributed by atoms with van der Waals surface area (Å²) in [6, 6.07) is 0.214. The summed E-state index contributed by atoms with van der Waals surface area (Å²) in [6.07, 6.45) is -0.0746. The Balaban J connectivity index is 3.40. The molecule has 0 spiro atoms. The summed E-state index contributed by atoms with van der Waals surface area (Å²) in [4.78, 5) is 0. The van der Waals surface area contributed by atoms with Crippen molar-refractivity contribution in [2.45, 2.75) is 45.4 Å². The molecule has 0 heterocycles. The van der Waals surface area contributed by atoms with Crippen LogP contribution >= 0.6 is 0 Å². The first-order valence-electron chi connectivity index (χ1n) is 5.23. The maximum absolute atomic E-state index is 9.41. The first-order valence-corrected chi connectivity index (χ1v) is 5.23. The molecule has 0 aromatic carbocycles. The molecule has 0 aromatic rings. The summed E-state index contributed by atoms with van der Waals surface area (Å²) in [5.41, 5.74) is 0. The molecule has 3 N–H and O–H groups in total. The highest BCUT2D eigenvalue weighted by Gasteiger charge is 2.08. The molecule has 86 valence electrons. The second-order valence-electron chi connectivity index (χ2n) is 3.71. The van der Waals surface area contributed by atoms with Crippen LogP contribution in [0.4, 0.5) is 0 Å². The molecular formula is C10H23NO3. The van der Waals surface area contributed by atoms with E-state index in [0.29, 0.717) is 26.2 Å². The summed E-state index contributed by atoms with van der Waals surface area (Å²) < 4.78 is 5.07. The molecule has 0 saturated heterocycles. The van der Waals surface area contributed by atoms with E-state index in [-0.39, 0.29) is 12.1 Å². The van der Waals surface area contributed by atoms with E-state index in [4.69, 9.17) is 9.84 Å². The van der Waals surface area contributed by atoms with Crippen molar-refractivity contribution in [3.63, 3.8) is 0 Å². The Kier molecular flexibility index (Phi) is 8.08. The van der Waals surface area contributed by atoms with E-state index in [1.54, 1.807) is 6.92 Å². The Morgan fingerprint density at radius 3 is 2.43 bits per heavy atom. The molecule has 4 nitrogen and oxygen atoms in total. The zero-order valence-electron chi connectivity index (χ0n) is 9.36. The van der Waals surface area contributed by atoms with Crippen LogP contribution in [0.25, 0.3) is 0 Å². The number of hydrogen-bond donors (Lipinski definition) is 3. The van der Waals surface area contributed by atoms with Crippen LogP contribution in [-0.4, -0.2) is 48.2 Å². The molecule has 0 fully saturated rings. The summed E-state index contributed by atoms with van der Waals surface area (Å²) in [5.74, 6) is 0. The van der Waals surface area contributed by atoms with E-state index in [9.17, 15) is 5.11 Å². The number of aliphatic hydroxyl groups excluding tert-OH is 2. The molecule has 3 unspecified atom stereocenters. The molecule has 0 radical (unpaired) electrons. The number of hydrogen-bond acceptors (Lipinski definition) is 4. The van der Waals surface area contributed by atoms with Crippen LogP contribution < -0.4 is 5.32 Å². The smallest absolute Gasteiger partial charge is 0.0897 e. The Labute approximate surface area is 86.3 Å². The fraction of sp³-hybridized carbons (Fsp3) is 1.00. The molecule has 0 rings (SSSR count). The Bertz CT molecular complexity index is 131. The van der Waals surface area contributed by atoms with Gasteiger partial charge >= 0.3 is 0 Å². The van der Waals surface area contributed by atoms with E-state index in [2.05, 4.69) is 5.32 Å². The van der Waals surface area contributed by atoms with Crippen molar-refractivity contribution >= 4 is 0 Å². The van der Waals surface area contributed by atoms with Gasteiger partial charge in [0.1, 0.15) is 0 Å². The van der Waals surface area contributed by atoms with Gasteiger partial charge in [0.15, 0.2) is 0 Å². The van der Waals surface area contributed by atoms with Gasteiger partial charge in [-0.05, 0) is 27.2 Å². The van der Waals surface area contributed by atoms with Crippen molar-refractivity contribution in [1.29, 1.82) is 0 Å². The van der Waals surface area contributed by atoms with Crippen LogP contribution in [0.2, 0.25) is 0 Å². The van der Waals surface area contributed by atoms with Gasteiger partial charge in [-0.3, -0.25) is 0 Å². The third-order valence-electron chi connectivity index (χ3n) is 1.91. The third-order valence-corrected chi connectivity index (χ3v) is 1.91. The zero-order chi connectivity index (χ0) is 11.0. The molecule has 0 bridgehead atoms. The minimum atomic E-state index is -0.466. The topological polar surface area (TPSA) is 61.7 Å². The van der Waals surface area contributed by atoms with Crippen LogP contribution in [0.3, 0.4) is 0 Å². The van der Waals surface area contributed by atoms with Crippen LogP contribution in [-0.2, 0) is 4.74 Å². The van der Waals surface area contributed by atoms with Gasteiger partial charge < -0.3 is 20.3 Å². The minimum Gasteiger partial charge on any atom is -0.393 e. The van der Waals surface area contributed by atoms with Crippen molar-refractivity contribution in [2.75, 3.05) is 19.8 Å². The second kappa shape index (κ2) is 8.17. The summed E-state index contributed by atoms with van der Waals surface area (Å²) in [6.45, 7) is 7.14. The fourth-order valence-electron chi connectivity index (χ4n) is 1.25. The van der Waals surface area contributed by atoms with Crippen LogP contribution in [0, 0.1) is 0 Å². The number of nitrogens with one attached hydrogen (secondary N) is 1. The van der Waals surface area contributed by atoms with Gasteiger partial charge in [-0.2, -0.15) is 0 Å². The lowest BCUT2D eigenvalue weighted by Crippen LogP contribution is -2.37.